The molecule has 3 amide bonds. The number of carbonyl (C=O) groups is 4. The zero-order chi connectivity index (χ0) is 31.7. The zero-order valence-corrected chi connectivity index (χ0v) is 26.4. The highest BCUT2D eigenvalue weighted by Crippen LogP contribution is 2.25. The lowest BCUT2D eigenvalue weighted by Gasteiger charge is -2.32. The molecule has 1 heterocycles. The van der Waals surface area contributed by atoms with Crippen LogP contribution in [0.3, 0.4) is 0 Å². The van der Waals surface area contributed by atoms with Crippen molar-refractivity contribution in [2.45, 2.75) is 60.2 Å². The van der Waals surface area contributed by atoms with Crippen molar-refractivity contribution < 1.29 is 28.7 Å². The van der Waals surface area contributed by atoms with Crippen LogP contribution in [0, 0.1) is 6.92 Å². The van der Waals surface area contributed by atoms with Crippen LogP contribution in [-0.4, -0.2) is 90.8 Å². The van der Waals surface area contributed by atoms with Crippen LogP contribution in [0.5, 0.6) is 0 Å². The van der Waals surface area contributed by atoms with Crippen molar-refractivity contribution in [3.8, 4) is 0 Å². The van der Waals surface area contributed by atoms with Gasteiger partial charge in [-0.1, -0.05) is 30.3 Å². The van der Waals surface area contributed by atoms with Crippen LogP contribution in [0.4, 0.5) is 10.5 Å². The first-order valence-electron chi connectivity index (χ1n) is 14.7. The van der Waals surface area contributed by atoms with Crippen LogP contribution in [0.2, 0.25) is 0 Å². The Bertz CT molecular complexity index is 1280. The number of rotatable bonds is 12. The summed E-state index contributed by atoms with van der Waals surface area (Å²) in [5.74, 6) is -1.01. The Kier molecular flexibility index (Phi) is 11.5. The molecule has 0 spiro atoms. The molecule has 234 valence electrons. The minimum atomic E-state index is -0.623. The highest BCUT2D eigenvalue weighted by Gasteiger charge is 2.27. The van der Waals surface area contributed by atoms with Gasteiger partial charge in [-0.2, -0.15) is 0 Å². The predicted octanol–water partition coefficient (Wildman–Crippen LogP) is 3.74. The van der Waals surface area contributed by atoms with E-state index >= 15 is 0 Å². The number of likely N-dealkylation sites (N-methyl/N-ethyl adjacent to an activating group) is 2. The Labute approximate surface area is 254 Å². The summed E-state index contributed by atoms with van der Waals surface area (Å²) >= 11 is 0. The number of amides is 3. The monoisotopic (exact) mass is 595 g/mol. The van der Waals surface area contributed by atoms with E-state index in [0.29, 0.717) is 30.9 Å². The van der Waals surface area contributed by atoms with E-state index < -0.39 is 17.7 Å². The fraction of sp³-hybridized carbons (Fsp3) is 0.500. The summed E-state index contributed by atoms with van der Waals surface area (Å²) in [7, 11) is 1.73. The van der Waals surface area contributed by atoms with Gasteiger partial charge in [-0.3, -0.25) is 14.6 Å². The minimum absolute atomic E-state index is 0.0944. The highest BCUT2D eigenvalue weighted by molar-refractivity contribution is 5.92. The predicted molar refractivity (Wildman–Crippen MR) is 164 cm³/mol. The summed E-state index contributed by atoms with van der Waals surface area (Å²) in [5, 5.41) is 6.41. The molecule has 0 radical (unpaired) electrons. The maximum absolute atomic E-state index is 13.6. The molecule has 1 N–H and O–H groups in total. The van der Waals surface area contributed by atoms with Gasteiger partial charge in [0, 0.05) is 45.5 Å². The molecule has 1 aliphatic rings. The van der Waals surface area contributed by atoms with Gasteiger partial charge in [0.1, 0.15) is 5.60 Å². The Balaban J connectivity index is 1.74. The second-order valence-corrected chi connectivity index (χ2v) is 11.5. The molecule has 11 nitrogen and oxygen atoms in total. The number of hydrogen-bond acceptors (Lipinski definition) is 8. The quantitative estimate of drug-likeness (QED) is 0.370. The van der Waals surface area contributed by atoms with Crippen LogP contribution in [0.15, 0.2) is 42.5 Å². The second-order valence-electron chi connectivity index (χ2n) is 11.5. The van der Waals surface area contributed by atoms with Crippen LogP contribution < -0.4 is 10.2 Å². The van der Waals surface area contributed by atoms with Gasteiger partial charge in [-0.05, 0) is 70.4 Å². The van der Waals surface area contributed by atoms with Crippen molar-refractivity contribution in [2.24, 2.45) is 0 Å². The van der Waals surface area contributed by atoms with E-state index in [0.717, 1.165) is 5.56 Å². The highest BCUT2D eigenvalue weighted by atomic mass is 16.6. The molecule has 0 saturated heterocycles. The molecule has 1 aliphatic heterocycles. The van der Waals surface area contributed by atoms with Crippen LogP contribution in [0.1, 0.15) is 61.7 Å². The number of anilines is 1. The maximum atomic E-state index is 13.6. The lowest BCUT2D eigenvalue weighted by molar-refractivity contribution is -0.145. The van der Waals surface area contributed by atoms with Gasteiger partial charge >= 0.3 is 12.1 Å². The smallest absolute Gasteiger partial charge is 0.410 e. The molecule has 0 saturated carbocycles. The summed E-state index contributed by atoms with van der Waals surface area (Å²) in [4.78, 5) is 54.9. The number of ether oxygens (including phenoxy) is 2. The standard InChI is InChI=1S/C32H45N5O6/c1-8-35(31(41)43-32(4,5)6)17-16-33-28(38)21-36(27-18-24(15-14-23(27)3)30(40)42-9-2)22-29(39)34(7)37-19-25-12-10-11-13-26(25)20-37/h10-15,18H,8-9,16-17,19-22H2,1-7H3,(H,33,38). The normalized spacial score (nSPS) is 12.7. The average molecular weight is 596 g/mol. The van der Waals surface area contributed by atoms with Gasteiger partial charge in [-0.15, -0.1) is 0 Å². The molecular weight excluding hydrogens is 550 g/mol. The van der Waals surface area contributed by atoms with Crippen LogP contribution in [-0.2, 0) is 32.2 Å². The summed E-state index contributed by atoms with van der Waals surface area (Å²) in [6, 6.07) is 13.2. The molecule has 0 aromatic heterocycles. The fourth-order valence-corrected chi connectivity index (χ4v) is 4.73. The summed E-state index contributed by atoms with van der Waals surface area (Å²) in [5.41, 5.74) is 3.43. The minimum Gasteiger partial charge on any atom is -0.462 e. The number of nitrogens with zero attached hydrogens (tertiary/aromatic N) is 4. The number of hydrazine groups is 1. The van der Waals surface area contributed by atoms with Crippen molar-refractivity contribution in [1.29, 1.82) is 0 Å². The Morgan fingerprint density at radius 3 is 2.21 bits per heavy atom. The van der Waals surface area contributed by atoms with Gasteiger partial charge in [0.05, 0.1) is 25.3 Å². The maximum Gasteiger partial charge on any atom is 0.410 e. The van der Waals surface area contributed by atoms with E-state index in [1.54, 1.807) is 62.9 Å². The lowest BCUT2D eigenvalue weighted by atomic mass is 10.1. The molecule has 0 fully saturated rings. The molecule has 2 aromatic rings. The van der Waals surface area contributed by atoms with Crippen molar-refractivity contribution >= 4 is 29.6 Å². The molecule has 2 aromatic carbocycles. The molecular formula is C32H45N5O6. The van der Waals surface area contributed by atoms with Gasteiger partial charge < -0.3 is 24.6 Å². The molecule has 0 bridgehead atoms. The van der Waals surface area contributed by atoms with Crippen molar-refractivity contribution in [1.82, 2.24) is 20.2 Å². The van der Waals surface area contributed by atoms with E-state index in [2.05, 4.69) is 17.4 Å². The van der Waals surface area contributed by atoms with E-state index in [9.17, 15) is 19.2 Å². The zero-order valence-electron chi connectivity index (χ0n) is 26.4. The number of aryl methyl sites for hydroxylation is 1. The first kappa shape index (κ1) is 33.4. The second kappa shape index (κ2) is 14.9. The average Bonchev–Trinajstić information content (AvgIpc) is 3.38. The van der Waals surface area contributed by atoms with Gasteiger partial charge in [0.25, 0.3) is 5.91 Å². The van der Waals surface area contributed by atoms with Gasteiger partial charge in [0.15, 0.2) is 0 Å². The number of carbonyl (C=O) groups excluding carboxylic acids is 4. The number of benzene rings is 2. The van der Waals surface area contributed by atoms with E-state index in [4.69, 9.17) is 9.47 Å². The summed E-state index contributed by atoms with van der Waals surface area (Å²) in [6.07, 6.45) is -0.449. The lowest BCUT2D eigenvalue weighted by Crippen LogP contribution is -2.48. The molecule has 3 rings (SSSR count). The number of fused-ring (bicyclic) bond motifs is 1. The van der Waals surface area contributed by atoms with Gasteiger partial charge in [-0.25, -0.2) is 14.6 Å². The van der Waals surface area contributed by atoms with Crippen LogP contribution in [0.25, 0.3) is 0 Å². The molecule has 43 heavy (non-hydrogen) atoms. The third kappa shape index (κ3) is 9.44. The van der Waals surface area contributed by atoms with Crippen molar-refractivity contribution in [2.75, 3.05) is 51.3 Å². The topological polar surface area (TPSA) is 112 Å². The summed E-state index contributed by atoms with van der Waals surface area (Å²) in [6.45, 7) is 13.0. The largest absolute Gasteiger partial charge is 0.462 e. The first-order valence-corrected chi connectivity index (χ1v) is 14.7. The first-order chi connectivity index (χ1) is 20.3. The fourth-order valence-electron chi connectivity index (χ4n) is 4.73. The molecule has 0 unspecified atom stereocenters. The van der Waals surface area contributed by atoms with Gasteiger partial charge in [0.2, 0.25) is 5.91 Å². The Morgan fingerprint density at radius 1 is 0.977 bits per heavy atom. The van der Waals surface area contributed by atoms with E-state index in [-0.39, 0.29) is 44.6 Å². The van der Waals surface area contributed by atoms with E-state index in [1.165, 1.54) is 16.0 Å². The number of nitrogens with one attached hydrogen (secondary N) is 1. The van der Waals surface area contributed by atoms with Crippen molar-refractivity contribution in [3.05, 3.63) is 64.7 Å². The molecule has 11 heteroatoms. The molecule has 0 atom stereocenters. The summed E-state index contributed by atoms with van der Waals surface area (Å²) < 4.78 is 10.6. The Morgan fingerprint density at radius 2 is 1.63 bits per heavy atom. The molecule has 0 aliphatic carbocycles. The Hall–Kier alpha value is -4.12. The van der Waals surface area contributed by atoms with Crippen LogP contribution >= 0.6 is 0 Å². The third-order valence-corrected chi connectivity index (χ3v) is 7.07. The SMILES string of the molecule is CCOC(=O)c1ccc(C)c(N(CC(=O)NCCN(CC)C(=O)OC(C)(C)C)CC(=O)N(C)N2Cc3ccccc3C2)c1. The van der Waals surface area contributed by atoms with Crippen molar-refractivity contribution in [3.63, 3.8) is 0 Å². The number of hydrogen-bond donors (Lipinski definition) is 1. The van der Waals surface area contributed by atoms with E-state index in [1.807, 2.05) is 31.0 Å². The third-order valence-electron chi connectivity index (χ3n) is 7.07. The number of esters is 1.